The number of carbonyl (C=O) groups is 2. The number of nitrogens with zero attached hydrogens (tertiary/aromatic N) is 4. The summed E-state index contributed by atoms with van der Waals surface area (Å²) in [5, 5.41) is 7.76. The highest BCUT2D eigenvalue weighted by Crippen LogP contribution is 2.49. The number of hydrogen-bond donors (Lipinski definition) is 1. The lowest BCUT2D eigenvalue weighted by molar-refractivity contribution is -0.123. The van der Waals surface area contributed by atoms with Crippen molar-refractivity contribution in [1.82, 2.24) is 20.1 Å². The fourth-order valence-corrected chi connectivity index (χ4v) is 6.60. The summed E-state index contributed by atoms with van der Waals surface area (Å²) in [7, 11) is 4.80. The molecule has 0 fully saturated rings. The van der Waals surface area contributed by atoms with Gasteiger partial charge in [-0.15, -0.1) is 11.8 Å². The largest absolute Gasteiger partial charge is 0.497 e. The molecule has 0 aliphatic carbocycles. The molecule has 2 amide bonds. The van der Waals surface area contributed by atoms with Crippen LogP contribution in [-0.2, 0) is 16.1 Å². The molecule has 3 aromatic carbocycles. The van der Waals surface area contributed by atoms with E-state index in [-0.39, 0.29) is 35.9 Å². The molecule has 6 rings (SSSR count). The number of aromatic nitrogens is 3. The number of benzene rings is 3. The zero-order valence-electron chi connectivity index (χ0n) is 25.7. The Kier molecular flexibility index (Phi) is 9.20. The van der Waals surface area contributed by atoms with Crippen LogP contribution in [0.1, 0.15) is 21.9 Å². The highest BCUT2D eigenvalue weighted by molar-refractivity contribution is 8.00. The molecule has 11 heteroatoms. The van der Waals surface area contributed by atoms with Crippen LogP contribution < -0.4 is 24.4 Å². The maximum absolute atomic E-state index is 14.0. The minimum absolute atomic E-state index is 0.139. The van der Waals surface area contributed by atoms with Gasteiger partial charge in [-0.3, -0.25) is 19.5 Å². The molecular weight excluding hydrogens is 602 g/mol. The van der Waals surface area contributed by atoms with Gasteiger partial charge in [0.15, 0.2) is 11.5 Å². The molecule has 0 saturated carbocycles. The van der Waals surface area contributed by atoms with E-state index in [1.54, 1.807) is 43.3 Å². The first-order chi connectivity index (χ1) is 22.5. The summed E-state index contributed by atoms with van der Waals surface area (Å²) >= 11 is 1.48. The fourth-order valence-electron chi connectivity index (χ4n) is 5.41. The molecule has 1 atom stereocenters. The molecule has 0 radical (unpaired) electrons. The number of hydrogen-bond acceptors (Lipinski definition) is 8. The number of nitrogens with one attached hydrogen (secondary N) is 1. The first kappa shape index (κ1) is 30.7. The van der Waals surface area contributed by atoms with Crippen LogP contribution >= 0.6 is 11.8 Å². The van der Waals surface area contributed by atoms with Crippen molar-refractivity contribution in [2.24, 2.45) is 0 Å². The van der Waals surface area contributed by atoms with E-state index < -0.39 is 0 Å². The van der Waals surface area contributed by atoms with Crippen LogP contribution in [-0.4, -0.2) is 60.2 Å². The van der Waals surface area contributed by atoms with Crippen molar-refractivity contribution in [2.45, 2.75) is 11.8 Å². The summed E-state index contributed by atoms with van der Waals surface area (Å²) in [4.78, 5) is 33.2. The van der Waals surface area contributed by atoms with E-state index in [4.69, 9.17) is 19.3 Å². The van der Waals surface area contributed by atoms with E-state index in [0.717, 1.165) is 22.3 Å². The van der Waals surface area contributed by atoms with E-state index in [2.05, 4.69) is 10.3 Å². The molecule has 3 heterocycles. The summed E-state index contributed by atoms with van der Waals surface area (Å²) < 4.78 is 18.3. The van der Waals surface area contributed by atoms with Crippen LogP contribution in [0.2, 0.25) is 0 Å². The van der Waals surface area contributed by atoms with E-state index >= 15 is 0 Å². The molecule has 1 aliphatic heterocycles. The third-order valence-electron chi connectivity index (χ3n) is 7.68. The molecule has 0 saturated heterocycles. The number of carbonyl (C=O) groups excluding carboxylic acids is 2. The second-order valence-corrected chi connectivity index (χ2v) is 11.6. The number of amides is 2. The number of thioether (sulfide) groups is 1. The van der Waals surface area contributed by atoms with Crippen molar-refractivity contribution >= 4 is 29.4 Å². The number of rotatable bonds is 10. The van der Waals surface area contributed by atoms with Crippen LogP contribution in [0.3, 0.4) is 0 Å². The lowest BCUT2D eigenvalue weighted by Crippen LogP contribution is -2.42. The first-order valence-corrected chi connectivity index (χ1v) is 15.7. The average Bonchev–Trinajstić information content (AvgIpc) is 3.44. The van der Waals surface area contributed by atoms with Crippen LogP contribution in [0.15, 0.2) is 97.3 Å². The molecule has 0 bridgehead atoms. The van der Waals surface area contributed by atoms with E-state index in [9.17, 15) is 9.59 Å². The predicted molar refractivity (Wildman–Crippen MR) is 178 cm³/mol. The molecule has 0 spiro atoms. The summed E-state index contributed by atoms with van der Waals surface area (Å²) in [5.41, 5.74) is 4.88. The molecule has 2 aromatic heterocycles. The Morgan fingerprint density at radius 1 is 0.935 bits per heavy atom. The van der Waals surface area contributed by atoms with Crippen LogP contribution in [0, 0.1) is 0 Å². The Labute approximate surface area is 271 Å². The zero-order chi connectivity index (χ0) is 32.0. The molecule has 1 N–H and O–H groups in total. The molecule has 1 aliphatic rings. The minimum atomic E-state index is -0.329. The Hall–Kier alpha value is -5.29. The average molecular weight is 636 g/mol. The van der Waals surface area contributed by atoms with E-state index in [1.165, 1.54) is 11.8 Å². The molecule has 5 aromatic rings. The monoisotopic (exact) mass is 635 g/mol. The molecule has 0 unspecified atom stereocenters. The fraction of sp³-hybridized carbons (Fsp3) is 0.200. The maximum Gasteiger partial charge on any atom is 0.240 e. The van der Waals surface area contributed by atoms with Crippen LogP contribution in [0.4, 0.5) is 5.82 Å². The zero-order valence-corrected chi connectivity index (χ0v) is 26.5. The van der Waals surface area contributed by atoms with Gasteiger partial charge in [-0.2, -0.15) is 5.10 Å². The van der Waals surface area contributed by atoms with Crippen molar-refractivity contribution in [2.75, 3.05) is 38.5 Å². The second-order valence-electron chi connectivity index (χ2n) is 10.5. The van der Waals surface area contributed by atoms with Crippen molar-refractivity contribution < 1.29 is 23.8 Å². The number of ether oxygens (including phenoxy) is 3. The third kappa shape index (κ3) is 6.27. The van der Waals surface area contributed by atoms with Crippen molar-refractivity contribution in [3.63, 3.8) is 0 Å². The van der Waals surface area contributed by atoms with Gasteiger partial charge in [-0.1, -0.05) is 42.5 Å². The minimum Gasteiger partial charge on any atom is -0.497 e. The molecule has 46 heavy (non-hydrogen) atoms. The smallest absolute Gasteiger partial charge is 0.240 e. The highest BCUT2D eigenvalue weighted by atomic mass is 32.2. The Morgan fingerprint density at radius 3 is 2.41 bits per heavy atom. The highest BCUT2D eigenvalue weighted by Gasteiger charge is 2.38. The topological polar surface area (TPSA) is 108 Å². The Bertz CT molecular complexity index is 1830. The molecular formula is C35H33N5O5S. The molecule has 10 nitrogen and oxygen atoms in total. The number of pyridine rings is 1. The van der Waals surface area contributed by atoms with Gasteiger partial charge in [0.1, 0.15) is 18.1 Å². The van der Waals surface area contributed by atoms with Crippen molar-refractivity contribution in [3.8, 4) is 34.2 Å². The van der Waals surface area contributed by atoms with Gasteiger partial charge in [-0.05, 0) is 53.6 Å². The summed E-state index contributed by atoms with van der Waals surface area (Å²) in [6.07, 6.45) is 3.38. The summed E-state index contributed by atoms with van der Waals surface area (Å²) in [6, 6.07) is 26.8. The van der Waals surface area contributed by atoms with Gasteiger partial charge >= 0.3 is 0 Å². The second kappa shape index (κ2) is 13.8. The van der Waals surface area contributed by atoms with Gasteiger partial charge in [0.05, 0.1) is 43.7 Å². The number of anilines is 1. The van der Waals surface area contributed by atoms with Gasteiger partial charge in [0.25, 0.3) is 0 Å². The van der Waals surface area contributed by atoms with Crippen molar-refractivity contribution in [3.05, 3.63) is 114 Å². The van der Waals surface area contributed by atoms with Gasteiger partial charge < -0.3 is 19.5 Å². The maximum atomic E-state index is 14.0. The van der Waals surface area contributed by atoms with Crippen molar-refractivity contribution in [1.29, 1.82) is 0 Å². The number of methoxy groups -OCH3 is 3. The van der Waals surface area contributed by atoms with Crippen LogP contribution in [0.5, 0.6) is 17.2 Å². The van der Waals surface area contributed by atoms with Gasteiger partial charge in [0.2, 0.25) is 11.8 Å². The number of fused-ring (bicyclic) bond motifs is 1. The first-order valence-electron chi connectivity index (χ1n) is 14.6. The third-order valence-corrected chi connectivity index (χ3v) is 8.93. The standard InChI is InChI=1S/C35H33N5O5S/c1-43-27-14-12-26(13-15-27)40-35-32(33(38-40)24-9-5-4-6-10-24)34(25-11-16-28(44-2)29(18-25)45-3)46-22-31(42)39(35)21-30(41)37-20-23-8-7-17-36-19-23/h4-19,34H,20-22H2,1-3H3,(H,37,41)/t34-/m1/s1. The summed E-state index contributed by atoms with van der Waals surface area (Å²) in [5.74, 6) is 2.02. The normalized spacial score (nSPS) is 14.3. The van der Waals surface area contributed by atoms with Gasteiger partial charge in [-0.25, -0.2) is 4.68 Å². The van der Waals surface area contributed by atoms with E-state index in [0.29, 0.717) is 34.4 Å². The Balaban J connectivity index is 1.53. The lowest BCUT2D eigenvalue weighted by atomic mass is 9.99. The van der Waals surface area contributed by atoms with Gasteiger partial charge in [0, 0.05) is 30.1 Å². The lowest BCUT2D eigenvalue weighted by Gasteiger charge is -2.23. The van der Waals surface area contributed by atoms with E-state index in [1.807, 2.05) is 84.9 Å². The SMILES string of the molecule is COc1ccc(-n2nc(-c3ccccc3)c3c2N(CC(=O)NCc2cccnc2)C(=O)CS[C@@H]3c2ccc(OC)c(OC)c2)cc1. The molecule has 234 valence electrons. The predicted octanol–water partition coefficient (Wildman–Crippen LogP) is 5.45. The summed E-state index contributed by atoms with van der Waals surface area (Å²) in [6.45, 7) is 0.0962. The quantitative estimate of drug-likeness (QED) is 0.216. The Morgan fingerprint density at radius 2 is 1.72 bits per heavy atom. The van der Waals surface area contributed by atoms with Crippen LogP contribution in [0.25, 0.3) is 16.9 Å².